The molecule has 0 heterocycles. The van der Waals surface area contributed by atoms with E-state index in [1.807, 2.05) is 0 Å². The lowest BCUT2D eigenvalue weighted by Gasteiger charge is -2.11. The fourth-order valence-electron chi connectivity index (χ4n) is 2.39. The number of aromatic hydroxyl groups is 1. The number of halogens is 4. The number of aliphatic hydroxyl groups excluding tert-OH is 1. The highest BCUT2D eigenvalue weighted by Crippen LogP contribution is 2.33. The summed E-state index contributed by atoms with van der Waals surface area (Å²) in [6, 6.07) is 4.28. The molecule has 124 valence electrons. The van der Waals surface area contributed by atoms with E-state index in [9.17, 15) is 28.2 Å². The van der Waals surface area contributed by atoms with Gasteiger partial charge in [0, 0.05) is 5.57 Å². The third kappa shape index (κ3) is 4.07. The molecule has 0 atom stereocenters. The number of aliphatic hydroxyl groups is 1. The zero-order valence-corrected chi connectivity index (χ0v) is 12.7. The van der Waals surface area contributed by atoms with Gasteiger partial charge in [0.05, 0.1) is 5.02 Å². The first kappa shape index (κ1) is 17.4. The second-order valence-electron chi connectivity index (χ2n) is 5.24. The largest absolute Gasteiger partial charge is 0.507 e. The van der Waals surface area contributed by atoms with E-state index in [4.69, 9.17) is 11.6 Å². The molecule has 0 bridgehead atoms. The van der Waals surface area contributed by atoms with E-state index >= 15 is 0 Å². The van der Waals surface area contributed by atoms with Crippen LogP contribution in [-0.2, 0) is 4.79 Å². The molecule has 2 N–H and O–H groups in total. The fourth-order valence-corrected chi connectivity index (χ4v) is 2.58. The van der Waals surface area contributed by atoms with Gasteiger partial charge < -0.3 is 10.2 Å². The van der Waals surface area contributed by atoms with Gasteiger partial charge in [0.15, 0.2) is 0 Å². The first-order chi connectivity index (χ1) is 10.7. The second kappa shape index (κ2) is 6.66. The maximum atomic E-state index is 12.6. The number of hydrogen-bond acceptors (Lipinski definition) is 3. The van der Waals surface area contributed by atoms with Gasteiger partial charge in [-0.2, -0.15) is 13.2 Å². The molecule has 0 aliphatic heterocycles. The molecule has 0 spiro atoms. The van der Waals surface area contributed by atoms with Crippen molar-refractivity contribution in [1.82, 2.24) is 0 Å². The molecule has 0 unspecified atom stereocenters. The predicted octanol–water partition coefficient (Wildman–Crippen LogP) is 4.95. The van der Waals surface area contributed by atoms with Crippen molar-refractivity contribution in [1.29, 1.82) is 0 Å². The lowest BCUT2D eigenvalue weighted by atomic mass is 10.0. The van der Waals surface area contributed by atoms with Gasteiger partial charge in [-0.25, -0.2) is 0 Å². The topological polar surface area (TPSA) is 57.5 Å². The lowest BCUT2D eigenvalue weighted by Crippen LogP contribution is -2.25. The van der Waals surface area contributed by atoms with Crippen LogP contribution < -0.4 is 0 Å². The van der Waals surface area contributed by atoms with E-state index in [-0.39, 0.29) is 22.8 Å². The van der Waals surface area contributed by atoms with E-state index in [0.29, 0.717) is 24.8 Å². The number of phenols is 1. The Morgan fingerprint density at radius 2 is 1.83 bits per heavy atom. The maximum absolute atomic E-state index is 12.6. The third-order valence-electron chi connectivity index (χ3n) is 3.56. The normalized spacial score (nSPS) is 18.2. The molecule has 7 heteroatoms. The molecular formula is C16H14ClF3O3. The fraction of sp³-hybridized carbons (Fsp3) is 0.312. The van der Waals surface area contributed by atoms with Crippen molar-refractivity contribution in [2.75, 3.05) is 0 Å². The van der Waals surface area contributed by atoms with E-state index < -0.39 is 23.3 Å². The number of carbonyl (C=O) groups excluding carboxylic acids is 1. The van der Waals surface area contributed by atoms with Crippen molar-refractivity contribution in [2.24, 2.45) is 0 Å². The number of rotatable bonds is 2. The molecule has 1 aromatic carbocycles. The minimum absolute atomic E-state index is 0.0861. The molecular weight excluding hydrogens is 333 g/mol. The van der Waals surface area contributed by atoms with E-state index in [1.165, 1.54) is 24.3 Å². The van der Waals surface area contributed by atoms with Gasteiger partial charge >= 0.3 is 6.18 Å². The van der Waals surface area contributed by atoms with Crippen LogP contribution in [0, 0.1) is 0 Å². The van der Waals surface area contributed by atoms with Crippen molar-refractivity contribution in [3.05, 3.63) is 45.7 Å². The number of ketones is 1. The highest BCUT2D eigenvalue weighted by Gasteiger charge is 2.42. The molecule has 0 saturated heterocycles. The van der Waals surface area contributed by atoms with E-state index in [0.717, 1.165) is 0 Å². The van der Waals surface area contributed by atoms with Crippen molar-refractivity contribution >= 4 is 23.5 Å². The van der Waals surface area contributed by atoms with Gasteiger partial charge in [-0.3, -0.25) is 4.79 Å². The van der Waals surface area contributed by atoms with Gasteiger partial charge in [0.25, 0.3) is 5.78 Å². The van der Waals surface area contributed by atoms with Gasteiger partial charge in [0.2, 0.25) is 0 Å². The van der Waals surface area contributed by atoms with Gasteiger partial charge in [0.1, 0.15) is 11.5 Å². The molecule has 23 heavy (non-hydrogen) atoms. The van der Waals surface area contributed by atoms with Gasteiger partial charge in [-0.05, 0) is 55.0 Å². The van der Waals surface area contributed by atoms with Crippen molar-refractivity contribution < 1.29 is 28.2 Å². The Hall–Kier alpha value is -1.95. The van der Waals surface area contributed by atoms with Crippen LogP contribution in [0.25, 0.3) is 6.08 Å². The van der Waals surface area contributed by atoms with Crippen molar-refractivity contribution in [3.63, 3.8) is 0 Å². The highest BCUT2D eigenvalue weighted by atomic mass is 35.5. The quantitative estimate of drug-likeness (QED) is 0.796. The second-order valence-corrected chi connectivity index (χ2v) is 5.65. The molecule has 0 fully saturated rings. The summed E-state index contributed by atoms with van der Waals surface area (Å²) in [6.45, 7) is 0. The average molecular weight is 347 g/mol. The number of benzene rings is 1. The maximum Gasteiger partial charge on any atom is 0.454 e. The van der Waals surface area contributed by atoms with Crippen molar-refractivity contribution in [2.45, 2.75) is 31.9 Å². The monoisotopic (exact) mass is 346 g/mol. The lowest BCUT2D eigenvalue weighted by molar-refractivity contribution is -0.166. The standard InChI is InChI=1S/C16H14ClF3O3/c17-12-8-9(5-6-13(12)21)7-10-3-1-2-4-11(14(10)22)15(23)16(18,19)20/h5-8,21-22H,1-4H2/b10-7+. The zero-order valence-electron chi connectivity index (χ0n) is 12.0. The summed E-state index contributed by atoms with van der Waals surface area (Å²) in [7, 11) is 0. The molecule has 1 aliphatic rings. The molecule has 0 saturated carbocycles. The Labute approximate surface area is 135 Å². The molecule has 1 aliphatic carbocycles. The first-order valence-electron chi connectivity index (χ1n) is 6.93. The predicted molar refractivity (Wildman–Crippen MR) is 80.3 cm³/mol. The SMILES string of the molecule is O=C(C1=C(O)/C(=C/c2ccc(O)c(Cl)c2)CCCC1)C(F)(F)F. The summed E-state index contributed by atoms with van der Waals surface area (Å²) in [5, 5.41) is 19.6. The van der Waals surface area contributed by atoms with Crippen LogP contribution in [0.15, 0.2) is 35.1 Å². The van der Waals surface area contributed by atoms with Crippen LogP contribution in [0.3, 0.4) is 0 Å². The van der Waals surface area contributed by atoms with Crippen LogP contribution in [0.4, 0.5) is 13.2 Å². The van der Waals surface area contributed by atoms with Crippen molar-refractivity contribution in [3.8, 4) is 5.75 Å². The number of alkyl halides is 3. The number of Topliss-reactive ketones (excluding diaryl/α,β-unsaturated/α-hetero) is 1. The number of allylic oxidation sites excluding steroid dienone is 2. The molecule has 0 aromatic heterocycles. The van der Waals surface area contributed by atoms with Gasteiger partial charge in [-0.15, -0.1) is 0 Å². The Morgan fingerprint density at radius 1 is 1.17 bits per heavy atom. The third-order valence-corrected chi connectivity index (χ3v) is 3.86. The molecule has 3 nitrogen and oxygen atoms in total. The number of hydrogen-bond donors (Lipinski definition) is 2. The number of carbonyl (C=O) groups is 1. The van der Waals surface area contributed by atoms with E-state index in [1.54, 1.807) is 0 Å². The molecule has 2 rings (SSSR count). The Morgan fingerprint density at radius 3 is 2.43 bits per heavy atom. The Kier molecular flexibility index (Phi) is 5.04. The smallest absolute Gasteiger partial charge is 0.454 e. The van der Waals surface area contributed by atoms with Crippen LogP contribution in [0.5, 0.6) is 5.75 Å². The summed E-state index contributed by atoms with van der Waals surface area (Å²) in [4.78, 5) is 11.5. The van der Waals surface area contributed by atoms with Crippen LogP contribution >= 0.6 is 11.6 Å². The molecule has 0 radical (unpaired) electrons. The minimum Gasteiger partial charge on any atom is -0.507 e. The molecule has 1 aromatic rings. The highest BCUT2D eigenvalue weighted by molar-refractivity contribution is 6.32. The summed E-state index contributed by atoms with van der Waals surface area (Å²) in [5.41, 5.74) is 0.151. The molecule has 0 amide bonds. The zero-order chi connectivity index (χ0) is 17.2. The summed E-state index contributed by atoms with van der Waals surface area (Å²) < 4.78 is 37.9. The summed E-state index contributed by atoms with van der Waals surface area (Å²) in [6.07, 6.45) is -2.38. The van der Waals surface area contributed by atoms with Crippen LogP contribution in [0.2, 0.25) is 5.02 Å². The van der Waals surface area contributed by atoms with E-state index in [2.05, 4.69) is 0 Å². The first-order valence-corrected chi connectivity index (χ1v) is 7.31. The Bertz CT molecular complexity index is 690. The Balaban J connectivity index is 2.45. The number of phenolic OH excluding ortho intramolecular Hbond substituents is 1. The minimum atomic E-state index is -5.01. The van der Waals surface area contributed by atoms with Crippen LogP contribution in [-0.4, -0.2) is 22.2 Å². The summed E-state index contributed by atoms with van der Waals surface area (Å²) in [5.74, 6) is -2.75. The van der Waals surface area contributed by atoms with Crippen LogP contribution in [0.1, 0.15) is 31.2 Å². The summed E-state index contributed by atoms with van der Waals surface area (Å²) >= 11 is 5.78. The van der Waals surface area contributed by atoms with Gasteiger partial charge in [-0.1, -0.05) is 17.7 Å². The average Bonchev–Trinajstić information content (AvgIpc) is 2.64.